The van der Waals surface area contributed by atoms with Crippen LogP contribution in [0.1, 0.15) is 18.4 Å². The second-order valence-electron chi connectivity index (χ2n) is 4.43. The second-order valence-corrected chi connectivity index (χ2v) is 6.83. The lowest BCUT2D eigenvalue weighted by molar-refractivity contribution is 0.591. The number of hydrogen-bond acceptors (Lipinski definition) is 5. The average Bonchev–Trinajstić information content (AvgIpc) is 2.66. The average molecular weight is 265 g/mol. The van der Waals surface area contributed by atoms with E-state index in [0.29, 0.717) is 24.2 Å². The van der Waals surface area contributed by atoms with Crippen molar-refractivity contribution in [1.29, 1.82) is 5.26 Å². The van der Waals surface area contributed by atoms with E-state index in [9.17, 15) is 8.42 Å². The summed E-state index contributed by atoms with van der Waals surface area (Å²) in [5, 5.41) is 11.5. The summed E-state index contributed by atoms with van der Waals surface area (Å²) < 4.78 is 23.3. The molecule has 0 amide bonds. The van der Waals surface area contributed by atoms with Crippen LogP contribution in [0.4, 0.5) is 11.4 Å². The normalized spacial score (nSPS) is 21.4. The number of nitrogens with two attached hydrogens (primary N) is 1. The molecule has 1 aromatic rings. The summed E-state index contributed by atoms with van der Waals surface area (Å²) in [6, 6.07) is 7.00. The summed E-state index contributed by atoms with van der Waals surface area (Å²) in [5.74, 6) is 0.287. The van der Waals surface area contributed by atoms with E-state index < -0.39 is 9.84 Å². The maximum atomic E-state index is 11.6. The number of hydrogen-bond donors (Lipinski definition) is 2. The molecule has 1 aliphatic heterocycles. The van der Waals surface area contributed by atoms with Gasteiger partial charge in [-0.25, -0.2) is 8.42 Å². The first-order valence-electron chi connectivity index (χ1n) is 5.78. The molecule has 0 radical (unpaired) electrons. The van der Waals surface area contributed by atoms with E-state index in [2.05, 4.69) is 5.32 Å². The van der Waals surface area contributed by atoms with Gasteiger partial charge in [-0.3, -0.25) is 0 Å². The smallest absolute Gasteiger partial charge is 0.154 e. The van der Waals surface area contributed by atoms with Crippen molar-refractivity contribution in [2.24, 2.45) is 0 Å². The van der Waals surface area contributed by atoms with Crippen LogP contribution in [-0.2, 0) is 9.84 Å². The Hall–Kier alpha value is -1.74. The van der Waals surface area contributed by atoms with E-state index in [1.165, 1.54) is 0 Å². The van der Waals surface area contributed by atoms with Crippen molar-refractivity contribution in [3.63, 3.8) is 0 Å². The first-order chi connectivity index (χ1) is 8.53. The largest absolute Gasteiger partial charge is 0.398 e. The Bertz CT molecular complexity index is 590. The maximum absolute atomic E-state index is 11.6. The zero-order valence-electron chi connectivity index (χ0n) is 9.89. The fourth-order valence-electron chi connectivity index (χ4n) is 2.09. The number of sulfone groups is 1. The Morgan fingerprint density at radius 1 is 1.50 bits per heavy atom. The highest BCUT2D eigenvalue weighted by Crippen LogP contribution is 2.22. The van der Waals surface area contributed by atoms with Crippen molar-refractivity contribution in [3.8, 4) is 6.07 Å². The Kier molecular flexibility index (Phi) is 3.43. The van der Waals surface area contributed by atoms with Crippen molar-refractivity contribution < 1.29 is 8.42 Å². The van der Waals surface area contributed by atoms with Crippen LogP contribution in [-0.4, -0.2) is 26.0 Å². The summed E-state index contributed by atoms with van der Waals surface area (Å²) in [5.41, 5.74) is 7.26. The van der Waals surface area contributed by atoms with Gasteiger partial charge in [0.15, 0.2) is 9.84 Å². The predicted molar refractivity (Wildman–Crippen MR) is 70.9 cm³/mol. The third-order valence-corrected chi connectivity index (χ3v) is 5.44. The molecule has 5 nitrogen and oxygen atoms in total. The number of nitrogens with zero attached hydrogens (tertiary/aromatic N) is 1. The molecule has 6 heteroatoms. The molecule has 1 heterocycles. The summed E-state index contributed by atoms with van der Waals surface area (Å²) >= 11 is 0. The van der Waals surface area contributed by atoms with Gasteiger partial charge in [0, 0.05) is 12.2 Å². The molecule has 1 aliphatic rings. The van der Waals surface area contributed by atoms with E-state index in [1.54, 1.807) is 18.2 Å². The second kappa shape index (κ2) is 4.86. The first-order valence-corrected chi connectivity index (χ1v) is 7.49. The molecule has 0 aromatic heterocycles. The molecular formula is C12H15N3O2S. The summed E-state index contributed by atoms with van der Waals surface area (Å²) in [6.07, 6.45) is 1.45. The highest BCUT2D eigenvalue weighted by molar-refractivity contribution is 7.92. The number of nitrogens with one attached hydrogen (secondary N) is 1. The monoisotopic (exact) mass is 265 g/mol. The van der Waals surface area contributed by atoms with E-state index in [0.717, 1.165) is 12.1 Å². The molecule has 1 saturated heterocycles. The minimum Gasteiger partial charge on any atom is -0.398 e. The Balaban J connectivity index is 2.03. The Labute approximate surface area is 107 Å². The molecule has 96 valence electrons. The van der Waals surface area contributed by atoms with E-state index in [-0.39, 0.29) is 11.0 Å². The van der Waals surface area contributed by atoms with Crippen LogP contribution in [0.3, 0.4) is 0 Å². The Morgan fingerprint density at radius 2 is 2.28 bits per heavy atom. The fourth-order valence-corrected chi connectivity index (χ4v) is 3.86. The molecule has 1 aromatic carbocycles. The van der Waals surface area contributed by atoms with Crippen LogP contribution >= 0.6 is 0 Å². The molecule has 0 saturated carbocycles. The number of nitriles is 1. The standard InChI is InChI=1S/C12H15N3O2S/c13-7-9-3-4-10(6-12(9)14)15-8-11-2-1-5-18(11,16)17/h3-4,6,11,15H,1-2,5,8,14H2. The van der Waals surface area contributed by atoms with Crippen LogP contribution in [0, 0.1) is 11.3 Å². The van der Waals surface area contributed by atoms with Crippen LogP contribution in [0.15, 0.2) is 18.2 Å². The number of nitrogen functional groups attached to an aromatic ring is 1. The topological polar surface area (TPSA) is 96.0 Å². The van der Waals surface area contributed by atoms with Gasteiger partial charge in [0.1, 0.15) is 6.07 Å². The fraction of sp³-hybridized carbons (Fsp3) is 0.417. The van der Waals surface area contributed by atoms with Crippen LogP contribution in [0.25, 0.3) is 0 Å². The summed E-state index contributed by atoms with van der Waals surface area (Å²) in [7, 11) is -2.93. The molecule has 2 rings (SSSR count). The number of rotatable bonds is 3. The minimum atomic E-state index is -2.93. The summed E-state index contributed by atoms with van der Waals surface area (Å²) in [4.78, 5) is 0. The Morgan fingerprint density at radius 3 is 2.83 bits per heavy atom. The van der Waals surface area contributed by atoms with Crippen LogP contribution in [0.5, 0.6) is 0 Å². The highest BCUT2D eigenvalue weighted by atomic mass is 32.2. The van der Waals surface area contributed by atoms with E-state index in [1.807, 2.05) is 6.07 Å². The lowest BCUT2D eigenvalue weighted by Crippen LogP contribution is -2.25. The third kappa shape index (κ3) is 2.57. The van der Waals surface area contributed by atoms with Crippen molar-refractivity contribution in [2.75, 3.05) is 23.3 Å². The van der Waals surface area contributed by atoms with Gasteiger partial charge < -0.3 is 11.1 Å². The van der Waals surface area contributed by atoms with E-state index >= 15 is 0 Å². The van der Waals surface area contributed by atoms with Crippen molar-refractivity contribution in [1.82, 2.24) is 0 Å². The van der Waals surface area contributed by atoms with Gasteiger partial charge in [-0.1, -0.05) is 0 Å². The SMILES string of the molecule is N#Cc1ccc(NCC2CCCS2(=O)=O)cc1N. The molecule has 0 spiro atoms. The number of anilines is 2. The van der Waals surface area contributed by atoms with Crippen LogP contribution < -0.4 is 11.1 Å². The number of benzene rings is 1. The molecule has 0 aliphatic carbocycles. The molecular weight excluding hydrogens is 250 g/mol. The van der Waals surface area contributed by atoms with Crippen molar-refractivity contribution in [3.05, 3.63) is 23.8 Å². The van der Waals surface area contributed by atoms with Gasteiger partial charge in [-0.05, 0) is 31.0 Å². The van der Waals surface area contributed by atoms with Gasteiger partial charge >= 0.3 is 0 Å². The minimum absolute atomic E-state index is 0.287. The molecule has 0 bridgehead atoms. The van der Waals surface area contributed by atoms with Crippen molar-refractivity contribution >= 4 is 21.2 Å². The predicted octanol–water partition coefficient (Wildman–Crippen LogP) is 1.13. The molecule has 18 heavy (non-hydrogen) atoms. The quantitative estimate of drug-likeness (QED) is 0.799. The van der Waals surface area contributed by atoms with Gasteiger partial charge in [-0.2, -0.15) is 5.26 Å². The lowest BCUT2D eigenvalue weighted by atomic mass is 10.1. The lowest BCUT2D eigenvalue weighted by Gasteiger charge is -2.12. The zero-order valence-corrected chi connectivity index (χ0v) is 10.7. The molecule has 1 atom stereocenters. The van der Waals surface area contributed by atoms with Gasteiger partial charge in [0.25, 0.3) is 0 Å². The van der Waals surface area contributed by atoms with Crippen molar-refractivity contribution in [2.45, 2.75) is 18.1 Å². The molecule has 3 N–H and O–H groups in total. The third-order valence-electron chi connectivity index (χ3n) is 3.17. The molecule has 1 fully saturated rings. The first kappa shape index (κ1) is 12.7. The zero-order chi connectivity index (χ0) is 13.2. The maximum Gasteiger partial charge on any atom is 0.154 e. The van der Waals surface area contributed by atoms with Gasteiger partial charge in [0.05, 0.1) is 22.3 Å². The molecule has 1 unspecified atom stereocenters. The highest BCUT2D eigenvalue weighted by Gasteiger charge is 2.30. The summed E-state index contributed by atoms with van der Waals surface area (Å²) in [6.45, 7) is 0.397. The van der Waals surface area contributed by atoms with E-state index in [4.69, 9.17) is 11.0 Å². The van der Waals surface area contributed by atoms with Gasteiger partial charge in [-0.15, -0.1) is 0 Å². The van der Waals surface area contributed by atoms with Gasteiger partial charge in [0.2, 0.25) is 0 Å². The van der Waals surface area contributed by atoms with Crippen LogP contribution in [0.2, 0.25) is 0 Å².